The van der Waals surface area contributed by atoms with Gasteiger partial charge in [0.05, 0.1) is 27.6 Å². The van der Waals surface area contributed by atoms with Crippen molar-refractivity contribution >= 4 is 54.8 Å². The Morgan fingerprint density at radius 1 is 0.216 bits per heavy atom. The average molecular weight is 1480 g/mol. The lowest BCUT2D eigenvalue weighted by molar-refractivity contribution is 0.559. The normalized spacial score (nSPS) is 11.0. The van der Waals surface area contributed by atoms with Gasteiger partial charge in [-0.1, -0.05) is 254 Å². The number of aryl methyl sites for hydroxylation is 13. The van der Waals surface area contributed by atoms with Crippen LogP contribution in [0.25, 0.3) is 111 Å². The second-order valence-electron chi connectivity index (χ2n) is 28.0. The molecular formula is C101H102O10. The summed E-state index contributed by atoms with van der Waals surface area (Å²) in [6.07, 6.45) is 12.3. The molecule has 15 aromatic rings. The second-order valence-corrected chi connectivity index (χ2v) is 28.0. The molecule has 0 N–H and O–H groups in total. The van der Waals surface area contributed by atoms with Gasteiger partial charge in [0.15, 0.2) is 5.43 Å². The van der Waals surface area contributed by atoms with Crippen molar-refractivity contribution in [3.05, 3.63) is 349 Å². The number of fused-ring (bicyclic) bond motifs is 5. The molecule has 10 aromatic carbocycles. The Balaban J connectivity index is 0.000000137. The van der Waals surface area contributed by atoms with Crippen molar-refractivity contribution in [1.82, 2.24) is 0 Å². The number of rotatable bonds is 18. The Kier molecular flexibility index (Phi) is 27.2. The first-order valence-corrected chi connectivity index (χ1v) is 39.8. The molecule has 0 unspecified atom stereocenters. The fraction of sp³-hybridized carbons (Fsp3) is 0.257. The predicted molar refractivity (Wildman–Crippen MR) is 462 cm³/mol. The van der Waals surface area contributed by atoms with Crippen LogP contribution in [0.1, 0.15) is 162 Å². The third kappa shape index (κ3) is 18.9. The van der Waals surface area contributed by atoms with Gasteiger partial charge in [-0.05, 0) is 233 Å². The molecule has 0 radical (unpaired) electrons. The highest BCUT2D eigenvalue weighted by Crippen LogP contribution is 2.32. The highest BCUT2D eigenvalue weighted by Gasteiger charge is 2.17. The van der Waals surface area contributed by atoms with E-state index in [1.165, 1.54) is 55.6 Å². The van der Waals surface area contributed by atoms with Gasteiger partial charge < -0.3 is 22.1 Å². The van der Waals surface area contributed by atoms with Crippen LogP contribution in [0.15, 0.2) is 271 Å². The molecule has 0 atom stereocenters. The van der Waals surface area contributed by atoms with Crippen LogP contribution in [0.5, 0.6) is 0 Å². The van der Waals surface area contributed by atoms with Crippen molar-refractivity contribution in [1.29, 1.82) is 0 Å². The third-order valence-corrected chi connectivity index (χ3v) is 21.1. The summed E-state index contributed by atoms with van der Waals surface area (Å²) in [7, 11) is 0. The summed E-state index contributed by atoms with van der Waals surface area (Å²) in [5.41, 5.74) is 25.4. The smallest absolute Gasteiger partial charge is 0.344 e. The van der Waals surface area contributed by atoms with E-state index in [0.29, 0.717) is 50.1 Å². The van der Waals surface area contributed by atoms with Gasteiger partial charge in [-0.25, -0.2) is 19.2 Å². The first-order chi connectivity index (χ1) is 53.9. The molecule has 10 nitrogen and oxygen atoms in total. The SMILES string of the molecule is CCc1ccc(-c2cc(=O)c3cc(CC)ccc3o2)cc1.CCc1ccc(-c2cc3c(CC)cc(CC)cc3oc2=O)cc1.CCc1ccc(-c2cc3cc(CC)cc(CC)c3oc2=O)cc1.CCc1ccc(-c2cc3ccc(CC)c(CC)c3oc2=O)cc1.CCc1ccc(-c2cc3ccc(CC)cc3oc2=O)cc1. The van der Waals surface area contributed by atoms with Crippen LogP contribution in [0.3, 0.4) is 0 Å². The van der Waals surface area contributed by atoms with Gasteiger partial charge >= 0.3 is 22.5 Å². The van der Waals surface area contributed by atoms with Gasteiger partial charge in [-0.3, -0.25) is 4.79 Å². The summed E-state index contributed by atoms with van der Waals surface area (Å²) in [6.45, 7) is 27.5. The minimum Gasteiger partial charge on any atom is -0.456 e. The molecule has 5 aromatic heterocycles. The molecule has 566 valence electrons. The van der Waals surface area contributed by atoms with Crippen LogP contribution in [0, 0.1) is 0 Å². The molecule has 111 heavy (non-hydrogen) atoms. The second kappa shape index (κ2) is 37.6. The van der Waals surface area contributed by atoms with Crippen LogP contribution in [0.2, 0.25) is 0 Å². The van der Waals surface area contributed by atoms with Crippen LogP contribution in [0.4, 0.5) is 0 Å². The summed E-state index contributed by atoms with van der Waals surface area (Å²) >= 11 is 0. The zero-order chi connectivity index (χ0) is 78.8. The standard InChI is InChI=1S/3C21H22O2.2C19H18O2/c1-4-14-7-9-17(10-8-14)19-13-18-16(6-3)11-15(5-2)12-20(18)23-21(19)22;1-4-14-7-9-17(10-8-14)19-13-18-12-15(5-2)11-16(6-3)20(18)23-21(19)22;1-4-14-7-9-16(10-8-14)19-13-17-12-11-15(5-2)18(6-3)20(17)23-21(19)22;1-3-13-5-8-15(9-6-13)19-12-17(20)16-11-14(4-2)7-10-18(16)21-19;1-3-13-5-8-15(9-6-13)17-12-16-10-7-14(4-2)11-18(16)21-19(17)20/h3*7-13H,4-6H2,1-3H3;2*5-12H,3-4H2,1-2H3. The lowest BCUT2D eigenvalue weighted by Gasteiger charge is -2.10. The monoisotopic (exact) mass is 1470 g/mol. The Bertz CT molecular complexity index is 6050. The maximum absolute atomic E-state index is 12.5. The van der Waals surface area contributed by atoms with E-state index in [2.05, 4.69) is 187 Å². The predicted octanol–water partition coefficient (Wildman–Crippen LogP) is 24.6. The summed E-state index contributed by atoms with van der Waals surface area (Å²) < 4.78 is 28.4. The highest BCUT2D eigenvalue weighted by atomic mass is 16.4. The summed E-state index contributed by atoms with van der Waals surface area (Å²) in [6, 6.07) is 74.6. The summed E-state index contributed by atoms with van der Waals surface area (Å²) in [4.78, 5) is 61.9. The molecule has 0 bridgehead atoms. The average Bonchev–Trinajstić information content (AvgIpc) is 0.800. The zero-order valence-corrected chi connectivity index (χ0v) is 66.6. The molecule has 0 aliphatic rings. The molecule has 0 aliphatic carbocycles. The molecule has 15 rings (SSSR count). The van der Waals surface area contributed by atoms with Gasteiger partial charge in [0.1, 0.15) is 33.7 Å². The van der Waals surface area contributed by atoms with Crippen molar-refractivity contribution < 1.29 is 22.1 Å². The van der Waals surface area contributed by atoms with Gasteiger partial charge in [-0.2, -0.15) is 0 Å². The number of hydrogen-bond acceptors (Lipinski definition) is 10. The van der Waals surface area contributed by atoms with E-state index in [1.807, 2.05) is 121 Å². The third-order valence-electron chi connectivity index (χ3n) is 21.1. The molecule has 0 saturated carbocycles. The highest BCUT2D eigenvalue weighted by molar-refractivity contribution is 5.88. The molecule has 0 aliphatic heterocycles. The van der Waals surface area contributed by atoms with Gasteiger partial charge in [0, 0.05) is 33.2 Å². The van der Waals surface area contributed by atoms with Crippen LogP contribution in [-0.2, 0) is 83.5 Å². The first-order valence-electron chi connectivity index (χ1n) is 39.8. The fourth-order valence-corrected chi connectivity index (χ4v) is 14.0. The Labute approximate surface area is 651 Å². The molecule has 5 heterocycles. The molecule has 10 heteroatoms. The molecule has 0 spiro atoms. The number of benzene rings is 10. The van der Waals surface area contributed by atoms with Crippen molar-refractivity contribution in [3.63, 3.8) is 0 Å². The van der Waals surface area contributed by atoms with Gasteiger partial charge in [0.2, 0.25) is 0 Å². The van der Waals surface area contributed by atoms with E-state index in [4.69, 9.17) is 22.1 Å². The van der Waals surface area contributed by atoms with Crippen molar-refractivity contribution in [2.24, 2.45) is 0 Å². The van der Waals surface area contributed by atoms with Crippen LogP contribution in [-0.4, -0.2) is 0 Å². The topological polar surface area (TPSA) is 151 Å². The van der Waals surface area contributed by atoms with Gasteiger partial charge in [-0.15, -0.1) is 0 Å². The quantitative estimate of drug-likeness (QED) is 0.0759. The largest absolute Gasteiger partial charge is 0.456 e. The van der Waals surface area contributed by atoms with Crippen molar-refractivity contribution in [3.8, 4) is 55.8 Å². The Hall–Kier alpha value is -11.8. The molecule has 0 amide bonds. The van der Waals surface area contributed by atoms with Crippen LogP contribution < -0.4 is 27.9 Å². The van der Waals surface area contributed by atoms with Gasteiger partial charge in [0.25, 0.3) is 0 Å². The van der Waals surface area contributed by atoms with E-state index >= 15 is 0 Å². The summed E-state index contributed by atoms with van der Waals surface area (Å²) in [5, 5.41) is 4.66. The van der Waals surface area contributed by atoms with Crippen LogP contribution >= 0.6 is 0 Å². The lowest BCUT2D eigenvalue weighted by atomic mass is 9.98. The minimum atomic E-state index is -0.278. The van der Waals surface area contributed by atoms with E-state index in [-0.39, 0.29) is 27.9 Å². The minimum absolute atomic E-state index is 0.0149. The maximum atomic E-state index is 12.5. The maximum Gasteiger partial charge on any atom is 0.344 e. The Morgan fingerprint density at radius 2 is 0.586 bits per heavy atom. The van der Waals surface area contributed by atoms with Crippen molar-refractivity contribution in [2.45, 2.75) is 173 Å². The van der Waals surface area contributed by atoms with E-state index < -0.39 is 0 Å². The fourth-order valence-electron chi connectivity index (χ4n) is 14.0. The van der Waals surface area contributed by atoms with E-state index in [1.54, 1.807) is 6.07 Å². The van der Waals surface area contributed by atoms with E-state index in [0.717, 1.165) is 161 Å². The zero-order valence-electron chi connectivity index (χ0n) is 66.6. The molecule has 0 saturated heterocycles. The summed E-state index contributed by atoms with van der Waals surface area (Å²) in [5.74, 6) is 0.624. The molecule has 0 fully saturated rings. The molecular weight excluding hydrogens is 1370 g/mol. The lowest BCUT2D eigenvalue weighted by Crippen LogP contribution is -2.05. The first kappa shape index (κ1) is 80.3. The Morgan fingerprint density at radius 3 is 1.05 bits per heavy atom. The van der Waals surface area contributed by atoms with Crippen molar-refractivity contribution in [2.75, 3.05) is 0 Å². The number of hydrogen-bond donors (Lipinski definition) is 0. The van der Waals surface area contributed by atoms with E-state index in [9.17, 15) is 24.0 Å².